The molecule has 27 rings (SSSR count). The fourth-order valence-corrected chi connectivity index (χ4v) is 22.3. The van der Waals surface area contributed by atoms with E-state index >= 15 is 9.59 Å². The van der Waals surface area contributed by atoms with E-state index in [1.165, 1.54) is 97.0 Å². The normalized spacial score (nSPS) is 44.1. The minimum atomic E-state index is -2.65. The van der Waals surface area contributed by atoms with E-state index in [2.05, 4.69) is 10.6 Å². The van der Waals surface area contributed by atoms with Gasteiger partial charge in [-0.3, -0.25) is 19.2 Å². The molecule has 47 atom stereocenters. The smallest absolute Gasteiger partial charge is 0.408 e. The van der Waals surface area contributed by atoms with Gasteiger partial charge in [-0.15, -0.1) is 0 Å². The second-order valence-corrected chi connectivity index (χ2v) is 40.7. The second kappa shape index (κ2) is 46.3. The zero-order valence-electron chi connectivity index (χ0n) is 79.7. The molecular weight excluding hydrogens is 1950 g/mol. The summed E-state index contributed by atoms with van der Waals surface area (Å²) in [7, 11) is 0. The molecule has 15 unspecified atom stereocenters. The largest absolute Gasteiger partial charge is 0.455 e. The van der Waals surface area contributed by atoms with Gasteiger partial charge in [-0.25, -0.2) is 14.4 Å². The van der Waals surface area contributed by atoms with E-state index < -0.39 is 397 Å². The Morgan fingerprint density at radius 2 is 0.903 bits per heavy atom. The van der Waals surface area contributed by atoms with Crippen LogP contribution in [0, 0.1) is 22.7 Å². The molecule has 810 valence electrons. The first kappa shape index (κ1) is 113. The van der Waals surface area contributed by atoms with Crippen molar-refractivity contribution >= 4 is 53.4 Å². The lowest BCUT2D eigenvalue weighted by Crippen LogP contribution is -2.81. The van der Waals surface area contributed by atoms with Crippen LogP contribution in [-0.4, -0.2) is 480 Å². The number of aliphatic hydroxyl groups excluding tert-OH is 21. The fourth-order valence-electron chi connectivity index (χ4n) is 21.0. The number of nitrogens with one attached hydrogen (secondary N) is 2. The zero-order chi connectivity index (χ0) is 105. The van der Waals surface area contributed by atoms with E-state index in [0.29, 0.717) is 0 Å². The minimum Gasteiger partial charge on any atom is -0.455 e. The summed E-state index contributed by atoms with van der Waals surface area (Å²) < 4.78 is 120. The highest BCUT2D eigenvalue weighted by Crippen LogP contribution is 2.64. The molecule has 22 heterocycles. The van der Waals surface area contributed by atoms with Crippen molar-refractivity contribution in [3.05, 3.63) is 83.4 Å². The average molecular weight is 2080 g/mol. The van der Waals surface area contributed by atoms with E-state index in [-0.39, 0.29) is 41.7 Å². The SMILES string of the molecule is CCC(CSCC1O[C@@H]2O[C@@H]3C(CO)O[C@H](O[C@@H]4C(CO)O[C@H](O[C@@H]5C(CO)O[C@H](O[C@@H]6C(CC)O[C@H](O[C@@H]7C(CO)O[C@H](O[C@@H]8C(CO)O[C@H](O[C@H]1[C@H](O)C2O)C(O)[C@H]8O)C(O)[C@H]7O)C(O)[C@H]6O)C(O)[C@H]5O)C(O)[C@H]4O)C(O)[C@H]3O)C(=O)NCC(=O)O[C@@H](C(=O)O[C@@H]1C=C2[C@@H](O)C(=O)[C@@]3(C)[C@H]([C@H](OC(=O)c4ccccc4)[C@](O)(C1)C2(C)C)[C@]1(OC(C)=O)CO[C@@H]1C[C@@H]3O)[C@@H](NC(=O)OC(C)(C)C)c1ccccc1. The molecule has 0 radical (unpaired) electrons. The van der Waals surface area contributed by atoms with Gasteiger partial charge in [0, 0.05) is 42.6 Å². The number of Topliss-reactive ketones (excluding diaryl/α,β-unsaturated/α-hetero) is 1. The number of alkyl carbamates (subject to hydrolysis) is 1. The number of hydrogen-bond donors (Lipinski definition) is 24. The number of carbonyl (C=O) groups is 7. The fraction of sp³-hybridized carbons (Fsp3) is 0.772. The molecule has 0 aromatic heterocycles. The Morgan fingerprint density at radius 1 is 0.514 bits per heavy atom. The molecule has 24 N–H and O–H groups in total. The first-order valence-electron chi connectivity index (χ1n) is 47.5. The van der Waals surface area contributed by atoms with Crippen molar-refractivity contribution in [2.24, 2.45) is 22.7 Å². The lowest BCUT2D eigenvalue weighted by atomic mass is 9.45. The Morgan fingerprint density at radius 3 is 1.28 bits per heavy atom. The van der Waals surface area contributed by atoms with Crippen molar-refractivity contribution in [2.75, 3.05) is 57.7 Å². The van der Waals surface area contributed by atoms with Crippen LogP contribution in [0.15, 0.2) is 72.3 Å². The number of benzene rings is 2. The summed E-state index contributed by atoms with van der Waals surface area (Å²) in [6.45, 7) is 5.63. The molecule has 2 amide bonds. The maximum Gasteiger partial charge on any atom is 0.408 e. The topological polar surface area (TPSA) is 773 Å². The number of fused-ring (bicyclic) bond motifs is 5. The van der Waals surface area contributed by atoms with Crippen molar-refractivity contribution in [3.63, 3.8) is 0 Å². The van der Waals surface area contributed by atoms with Gasteiger partial charge >= 0.3 is 30.0 Å². The van der Waals surface area contributed by atoms with E-state index in [1.54, 1.807) is 19.1 Å². The highest BCUT2D eigenvalue weighted by atomic mass is 32.2. The van der Waals surface area contributed by atoms with Gasteiger partial charge in [-0.1, -0.05) is 76.2 Å². The van der Waals surface area contributed by atoms with Crippen LogP contribution in [0.5, 0.6) is 0 Å². The summed E-state index contributed by atoms with van der Waals surface area (Å²) in [6, 6.07) is 13.0. The van der Waals surface area contributed by atoms with Gasteiger partial charge in [-0.05, 0) is 69.9 Å². The summed E-state index contributed by atoms with van der Waals surface area (Å²) in [5.74, 6) is -10.6. The second-order valence-electron chi connectivity index (χ2n) is 39.7. The quantitative estimate of drug-likeness (QED) is 0.0279. The van der Waals surface area contributed by atoms with E-state index in [0.717, 1.165) is 24.8 Å². The van der Waals surface area contributed by atoms with Gasteiger partial charge in [0.05, 0.1) is 74.8 Å². The molecule has 2 saturated carbocycles. The van der Waals surface area contributed by atoms with Crippen LogP contribution in [0.2, 0.25) is 0 Å². The first-order chi connectivity index (χ1) is 68.1. The molecule has 52 heteroatoms. The summed E-state index contributed by atoms with van der Waals surface area (Å²) >= 11 is 0.835. The lowest BCUT2D eigenvalue weighted by Gasteiger charge is -2.67. The monoisotopic (exact) mass is 2080 g/mol. The molecule has 144 heavy (non-hydrogen) atoms. The maximum absolute atomic E-state index is 15.6. The van der Waals surface area contributed by atoms with Gasteiger partial charge in [0.25, 0.3) is 0 Å². The molecule has 22 saturated heterocycles. The molecule has 51 nitrogen and oxygen atoms in total. The molecule has 16 bridgehead atoms. The molecule has 22 aliphatic heterocycles. The molecule has 2 aromatic rings. The number of hydrogen-bond acceptors (Lipinski definition) is 50. The molecule has 0 spiro atoms. The number of esters is 4. The highest BCUT2D eigenvalue weighted by molar-refractivity contribution is 7.99. The number of amides is 2. The molecule has 3 aliphatic carbocycles. The Labute approximate surface area is 827 Å². The van der Waals surface area contributed by atoms with Crippen molar-refractivity contribution in [3.8, 4) is 0 Å². The Kier molecular flexibility index (Phi) is 36.3. The van der Waals surface area contributed by atoms with Gasteiger partial charge in [0.1, 0.15) is 207 Å². The van der Waals surface area contributed by atoms with Gasteiger partial charge in [0.2, 0.25) is 12.0 Å². The number of aliphatic hydroxyl groups is 22. The lowest BCUT2D eigenvalue weighted by molar-refractivity contribution is -0.395. The summed E-state index contributed by atoms with van der Waals surface area (Å²) in [5, 5.41) is 263. The van der Waals surface area contributed by atoms with Gasteiger partial charge < -0.3 is 218 Å². The van der Waals surface area contributed by atoms with Crippen LogP contribution in [0.25, 0.3) is 0 Å². The summed E-state index contributed by atoms with van der Waals surface area (Å²) in [4.78, 5) is 103. The van der Waals surface area contributed by atoms with Gasteiger partial charge in [0.15, 0.2) is 55.4 Å². The average Bonchev–Trinajstić information content (AvgIpc) is 0.668. The standard InChI is InChI=1S/C92H132N2O49S/c1-10-35(77(119)93-25-49(102)133-73(50(36-18-14-12-15-19-36)94-87(122)143-88(4,5)6)79(121)125-38-22-39-51(103)75(118)90(9)47(101)23-48-91(33-124-48,142-34(3)100)74(90)76(92(123,24-38)89(39,7)8)141-78(120)37-20-16-13-17-21-37)31-144-32-46-72-58(110)65(117)86(132-46)139-71-45(30-99)130-84(63(115)56(71)108)137-69-43(28-97)129-83(62(114)55(69)107)136-68-42(27-96)127-81(60(112)53(68)105)134-66-40(11-2)126-80(59(111)52(66)104)135-67-41(26-95)128-82(61(113)54(67)106)138-70-44(29-98)131-85(140-72)64(116)57(70)109/h12-22,35,38,40-48,50-74,76,80-86,95-99,101,103-117,123H,10-11,23-33H2,1-9H3,(H,93,119)(H,94,122)/t35?,38-,40?,41?,42?,43?,44?,45?,46?,47+,48-,50+,51-,52-,53-,54-,55-,56-,57-,58-,59?,60?,61?,62?,63?,64?,65?,66-,67-,68-,69-,70-,71-,72-,73-,74+,76+,80-,81-,82-,83-,84-,85-,86-,90-,91+,92-/m1/s1. The third kappa shape index (κ3) is 22.4. The van der Waals surface area contributed by atoms with Crippen molar-refractivity contribution in [1.29, 1.82) is 0 Å². The van der Waals surface area contributed by atoms with Crippen LogP contribution in [0.3, 0.4) is 0 Å². The van der Waals surface area contributed by atoms with Gasteiger partial charge in [-0.2, -0.15) is 11.8 Å². The number of rotatable bonds is 23. The number of thioether (sulfide) groups is 1. The predicted molar refractivity (Wildman–Crippen MR) is 472 cm³/mol. The third-order valence-corrected chi connectivity index (χ3v) is 30.3. The van der Waals surface area contributed by atoms with Crippen molar-refractivity contribution < 1.29 is 241 Å². The molecule has 2 aromatic carbocycles. The number of ketones is 1. The van der Waals surface area contributed by atoms with Crippen LogP contribution >= 0.6 is 11.8 Å². The van der Waals surface area contributed by atoms with Crippen LogP contribution in [0.1, 0.15) is 110 Å². The Hall–Kier alpha value is -6.66. The minimum absolute atomic E-state index is 0.0597. The number of ether oxygens (including phenoxy) is 20. The highest BCUT2D eigenvalue weighted by Gasteiger charge is 2.78. The van der Waals surface area contributed by atoms with E-state index in [9.17, 15) is 136 Å². The predicted octanol–water partition coefficient (Wildman–Crippen LogP) is -9.50. The zero-order valence-corrected chi connectivity index (χ0v) is 80.5. The molecule has 24 fully saturated rings. The van der Waals surface area contributed by atoms with Crippen LogP contribution < -0.4 is 10.6 Å². The van der Waals surface area contributed by atoms with Crippen LogP contribution in [0.4, 0.5) is 4.79 Å². The molecular formula is C92H132N2O49S. The van der Waals surface area contributed by atoms with Crippen molar-refractivity contribution in [1.82, 2.24) is 10.6 Å². The third-order valence-electron chi connectivity index (χ3n) is 29.1. The summed E-state index contributed by atoms with van der Waals surface area (Å²) in [6.07, 6.45) is -85.3. The van der Waals surface area contributed by atoms with Crippen LogP contribution in [-0.2, 0) is 119 Å². The van der Waals surface area contributed by atoms with E-state index in [1.807, 2.05) is 0 Å². The Balaban J connectivity index is 0.726. The summed E-state index contributed by atoms with van der Waals surface area (Å²) in [5.41, 5.74) is -10.3. The maximum atomic E-state index is 15.6. The number of carbonyl (C=O) groups excluding carboxylic acids is 7. The first-order valence-corrected chi connectivity index (χ1v) is 48.7. The molecule has 25 aliphatic rings. The van der Waals surface area contributed by atoms with E-state index in [4.69, 9.17) is 94.7 Å². The Bertz CT molecular complexity index is 4690. The van der Waals surface area contributed by atoms with Crippen molar-refractivity contribution in [2.45, 2.75) is 362 Å².